The van der Waals surface area contributed by atoms with Crippen molar-refractivity contribution >= 4 is 33.2 Å². The first-order chi connectivity index (χ1) is 14.7. The Hall–Kier alpha value is -3.04. The van der Waals surface area contributed by atoms with Crippen molar-refractivity contribution in [2.75, 3.05) is 17.1 Å². The van der Waals surface area contributed by atoms with Gasteiger partial charge in [0.25, 0.3) is 5.91 Å². The molecule has 2 heterocycles. The first kappa shape index (κ1) is 21.2. The fourth-order valence-corrected chi connectivity index (χ4v) is 4.48. The molecule has 1 aromatic heterocycles. The highest BCUT2D eigenvalue weighted by atomic mass is 35.5. The van der Waals surface area contributed by atoms with Gasteiger partial charge in [-0.15, -0.1) is 0 Å². The molecule has 10 heteroatoms. The van der Waals surface area contributed by atoms with E-state index in [9.17, 15) is 13.2 Å². The minimum Gasteiger partial charge on any atom is -0.476 e. The second kappa shape index (κ2) is 8.24. The molecule has 1 aliphatic rings. The fourth-order valence-electron chi connectivity index (χ4n) is 3.40. The molecule has 8 nitrogen and oxygen atoms in total. The summed E-state index contributed by atoms with van der Waals surface area (Å²) in [6, 6.07) is 12.4. The Morgan fingerprint density at radius 3 is 2.65 bits per heavy atom. The van der Waals surface area contributed by atoms with Gasteiger partial charge < -0.3 is 14.6 Å². The van der Waals surface area contributed by atoms with E-state index in [0.717, 1.165) is 27.6 Å². The summed E-state index contributed by atoms with van der Waals surface area (Å²) in [5.41, 5.74) is 2.20. The number of nitrogens with zero attached hydrogens (tertiary/aromatic N) is 3. The van der Waals surface area contributed by atoms with Crippen molar-refractivity contribution in [2.24, 2.45) is 0 Å². The maximum absolute atomic E-state index is 12.7. The summed E-state index contributed by atoms with van der Waals surface area (Å²) >= 11 is 6.00. The maximum atomic E-state index is 12.7. The van der Waals surface area contributed by atoms with E-state index in [1.165, 1.54) is 6.07 Å². The van der Waals surface area contributed by atoms with Crippen molar-refractivity contribution in [3.8, 4) is 11.4 Å². The first-order valence-electron chi connectivity index (χ1n) is 9.53. The number of halogens is 1. The second-order valence-electron chi connectivity index (χ2n) is 7.24. The van der Waals surface area contributed by atoms with Gasteiger partial charge in [-0.3, -0.25) is 9.10 Å². The summed E-state index contributed by atoms with van der Waals surface area (Å²) < 4.78 is 33.4. The van der Waals surface area contributed by atoms with Gasteiger partial charge in [0.05, 0.1) is 18.5 Å². The zero-order valence-electron chi connectivity index (χ0n) is 16.9. The molecule has 1 N–H and O–H groups in total. The number of aromatic nitrogens is 2. The van der Waals surface area contributed by atoms with Gasteiger partial charge in [-0.25, -0.2) is 13.4 Å². The second-order valence-corrected chi connectivity index (χ2v) is 9.58. The van der Waals surface area contributed by atoms with Crippen LogP contribution in [0.3, 0.4) is 0 Å². The molecule has 0 radical (unpaired) electrons. The van der Waals surface area contributed by atoms with Crippen LogP contribution in [-0.4, -0.2) is 42.8 Å². The number of hydrogen-bond acceptors (Lipinski definition) is 5. The van der Waals surface area contributed by atoms with Crippen molar-refractivity contribution in [3.05, 3.63) is 71.3 Å². The van der Waals surface area contributed by atoms with Gasteiger partial charge in [-0.1, -0.05) is 23.7 Å². The molecule has 1 atom stereocenters. The summed E-state index contributed by atoms with van der Waals surface area (Å²) in [5, 5.41) is 3.20. The number of imidazole rings is 1. The van der Waals surface area contributed by atoms with E-state index in [-0.39, 0.29) is 13.1 Å². The van der Waals surface area contributed by atoms with Gasteiger partial charge in [0.2, 0.25) is 10.0 Å². The average Bonchev–Trinajstić information content (AvgIpc) is 3.16. The zero-order valence-corrected chi connectivity index (χ0v) is 18.5. The predicted molar refractivity (Wildman–Crippen MR) is 118 cm³/mol. The number of aryl methyl sites for hydroxylation is 1. The molecule has 0 unspecified atom stereocenters. The van der Waals surface area contributed by atoms with Crippen LogP contribution in [0, 0.1) is 6.92 Å². The smallest absolute Gasteiger partial charge is 0.263 e. The number of amides is 1. The third kappa shape index (κ3) is 4.52. The monoisotopic (exact) mass is 460 g/mol. The van der Waals surface area contributed by atoms with Crippen molar-refractivity contribution in [2.45, 2.75) is 19.6 Å². The van der Waals surface area contributed by atoms with Crippen molar-refractivity contribution in [1.82, 2.24) is 14.9 Å². The number of nitrogens with one attached hydrogen (secondary N) is 1. The van der Waals surface area contributed by atoms with Gasteiger partial charge in [0.1, 0.15) is 11.6 Å². The Balaban J connectivity index is 1.45. The molecule has 4 rings (SSSR count). The minimum atomic E-state index is -3.61. The molecule has 3 aromatic rings. The molecule has 31 heavy (non-hydrogen) atoms. The van der Waals surface area contributed by atoms with Crippen LogP contribution in [0.5, 0.6) is 5.75 Å². The van der Waals surface area contributed by atoms with Crippen molar-refractivity contribution < 1.29 is 17.9 Å². The summed E-state index contributed by atoms with van der Waals surface area (Å²) in [6.07, 6.45) is 3.72. The number of carbonyl (C=O) groups excluding carboxylic acids is 1. The summed E-state index contributed by atoms with van der Waals surface area (Å²) in [6.45, 7) is 2.08. The molecule has 162 valence electrons. The number of anilines is 1. The van der Waals surface area contributed by atoms with E-state index in [1.54, 1.807) is 18.3 Å². The van der Waals surface area contributed by atoms with Crippen LogP contribution in [0.1, 0.15) is 11.4 Å². The van der Waals surface area contributed by atoms with E-state index in [1.807, 2.05) is 42.0 Å². The van der Waals surface area contributed by atoms with Crippen molar-refractivity contribution in [3.63, 3.8) is 0 Å². The van der Waals surface area contributed by atoms with E-state index in [4.69, 9.17) is 16.3 Å². The number of benzene rings is 2. The third-order valence-electron chi connectivity index (χ3n) is 4.99. The number of fused-ring (bicyclic) bond motifs is 1. The number of hydrogen-bond donors (Lipinski definition) is 1. The minimum absolute atomic E-state index is 0.128. The zero-order chi connectivity index (χ0) is 22.2. The summed E-state index contributed by atoms with van der Waals surface area (Å²) in [7, 11) is -3.61. The molecular formula is C21H21ClN4O4S. The molecule has 0 saturated carbocycles. The van der Waals surface area contributed by atoms with Gasteiger partial charge in [0.15, 0.2) is 6.10 Å². The number of carbonyl (C=O) groups is 1. The maximum Gasteiger partial charge on any atom is 0.263 e. The van der Waals surface area contributed by atoms with Crippen molar-refractivity contribution in [1.29, 1.82) is 0 Å². The Morgan fingerprint density at radius 2 is 2.00 bits per heavy atom. The highest BCUT2D eigenvalue weighted by Gasteiger charge is 2.35. The summed E-state index contributed by atoms with van der Waals surface area (Å²) in [5.74, 6) is 0.776. The van der Waals surface area contributed by atoms with Crippen LogP contribution in [-0.2, 0) is 21.4 Å². The predicted octanol–water partition coefficient (Wildman–Crippen LogP) is 2.68. The summed E-state index contributed by atoms with van der Waals surface area (Å²) in [4.78, 5) is 16.9. The molecule has 0 bridgehead atoms. The molecular weight excluding hydrogens is 440 g/mol. The van der Waals surface area contributed by atoms with Gasteiger partial charge in [-0.2, -0.15) is 0 Å². The molecule has 0 fully saturated rings. The van der Waals surface area contributed by atoms with E-state index in [0.29, 0.717) is 16.5 Å². The van der Waals surface area contributed by atoms with Crippen LogP contribution in [0.4, 0.5) is 5.69 Å². The molecule has 0 saturated heterocycles. The quantitative estimate of drug-likeness (QED) is 0.631. The van der Waals surface area contributed by atoms with Crippen LogP contribution in [0.15, 0.2) is 54.9 Å². The molecule has 1 amide bonds. The highest BCUT2D eigenvalue weighted by Crippen LogP contribution is 2.37. The largest absolute Gasteiger partial charge is 0.476 e. The lowest BCUT2D eigenvalue weighted by Gasteiger charge is -2.34. The average molecular weight is 461 g/mol. The lowest BCUT2D eigenvalue weighted by molar-refractivity contribution is -0.127. The number of rotatable bonds is 5. The Morgan fingerprint density at radius 1 is 1.26 bits per heavy atom. The SMILES string of the molecule is Cc1nccn1-c1ccc(CNC(=O)[C@@H]2CN(S(C)(=O)=O)c3cc(Cl)ccc3O2)cc1. The fraction of sp³-hybridized carbons (Fsp3) is 0.238. The molecule has 1 aliphatic heterocycles. The van der Waals surface area contributed by atoms with Crippen LogP contribution in [0.2, 0.25) is 5.02 Å². The topological polar surface area (TPSA) is 93.5 Å². The standard InChI is InChI=1S/C21H21ClN4O4S/c1-14-23-9-10-25(14)17-6-3-15(4-7-17)12-24-21(27)20-13-26(31(2,28)29)18-11-16(22)5-8-19(18)30-20/h3-11,20H,12-13H2,1-2H3,(H,24,27)/t20-/m0/s1. The molecule has 0 spiro atoms. The van der Waals surface area contributed by atoms with Gasteiger partial charge in [-0.05, 0) is 42.8 Å². The normalized spacial score (nSPS) is 15.8. The van der Waals surface area contributed by atoms with E-state index < -0.39 is 22.0 Å². The van der Waals surface area contributed by atoms with Crippen LogP contribution >= 0.6 is 11.6 Å². The Labute approximate surface area is 185 Å². The Kier molecular flexibility index (Phi) is 5.63. The van der Waals surface area contributed by atoms with E-state index >= 15 is 0 Å². The van der Waals surface area contributed by atoms with Gasteiger partial charge >= 0.3 is 0 Å². The van der Waals surface area contributed by atoms with Gasteiger partial charge in [0, 0.05) is 29.6 Å². The number of ether oxygens (including phenoxy) is 1. The van der Waals surface area contributed by atoms with Crippen LogP contribution < -0.4 is 14.4 Å². The lowest BCUT2D eigenvalue weighted by atomic mass is 10.2. The number of sulfonamides is 1. The first-order valence-corrected chi connectivity index (χ1v) is 11.8. The molecule has 0 aliphatic carbocycles. The van der Waals surface area contributed by atoms with Crippen LogP contribution in [0.25, 0.3) is 5.69 Å². The highest BCUT2D eigenvalue weighted by molar-refractivity contribution is 7.92. The Bertz CT molecular complexity index is 1220. The third-order valence-corrected chi connectivity index (χ3v) is 6.37. The van der Waals surface area contributed by atoms with E-state index in [2.05, 4.69) is 10.3 Å². The molecule has 2 aromatic carbocycles. The lowest BCUT2D eigenvalue weighted by Crippen LogP contribution is -2.50.